The summed E-state index contributed by atoms with van der Waals surface area (Å²) in [5.74, 6) is 0. The van der Waals surface area contributed by atoms with E-state index in [2.05, 4.69) is 17.3 Å². The Balaban J connectivity index is 2.24. The van der Waals surface area contributed by atoms with E-state index in [1.165, 1.54) is 0 Å². The zero-order valence-corrected chi connectivity index (χ0v) is 9.50. The minimum atomic E-state index is -0.0866. The summed E-state index contributed by atoms with van der Waals surface area (Å²) in [6, 6.07) is 9.99. The van der Waals surface area contributed by atoms with Crippen LogP contribution in [0.2, 0.25) is 0 Å². The Hall–Kier alpha value is -1.19. The SMILES string of the molecule is CCc1csc(C(N)c2ccccc2)n1. The van der Waals surface area contributed by atoms with Crippen molar-refractivity contribution in [3.63, 3.8) is 0 Å². The number of aryl methyl sites for hydroxylation is 1. The summed E-state index contributed by atoms with van der Waals surface area (Å²) in [6.07, 6.45) is 0.970. The Kier molecular flexibility index (Phi) is 3.14. The minimum Gasteiger partial charge on any atom is -0.318 e. The first kappa shape index (κ1) is 10.3. The van der Waals surface area contributed by atoms with Gasteiger partial charge in [-0.2, -0.15) is 0 Å². The molecule has 2 rings (SSSR count). The van der Waals surface area contributed by atoms with Gasteiger partial charge < -0.3 is 5.73 Å². The molecule has 2 N–H and O–H groups in total. The van der Waals surface area contributed by atoms with Crippen molar-refractivity contribution in [1.82, 2.24) is 4.98 Å². The van der Waals surface area contributed by atoms with Crippen LogP contribution in [0.25, 0.3) is 0 Å². The molecule has 0 fully saturated rings. The first-order valence-electron chi connectivity index (χ1n) is 5.06. The second kappa shape index (κ2) is 4.55. The van der Waals surface area contributed by atoms with Gasteiger partial charge in [-0.1, -0.05) is 37.3 Å². The second-order valence-electron chi connectivity index (χ2n) is 3.42. The fraction of sp³-hybridized carbons (Fsp3) is 0.250. The van der Waals surface area contributed by atoms with Gasteiger partial charge >= 0.3 is 0 Å². The average Bonchev–Trinajstić information content (AvgIpc) is 2.78. The van der Waals surface area contributed by atoms with E-state index in [0.717, 1.165) is 22.7 Å². The van der Waals surface area contributed by atoms with Crippen molar-refractivity contribution in [2.24, 2.45) is 5.73 Å². The van der Waals surface area contributed by atoms with Gasteiger partial charge in [0.1, 0.15) is 5.01 Å². The second-order valence-corrected chi connectivity index (χ2v) is 4.31. The van der Waals surface area contributed by atoms with Crippen LogP contribution in [0.15, 0.2) is 35.7 Å². The highest BCUT2D eigenvalue weighted by molar-refractivity contribution is 7.09. The molecule has 1 unspecified atom stereocenters. The molecule has 0 spiro atoms. The highest BCUT2D eigenvalue weighted by atomic mass is 32.1. The maximum atomic E-state index is 6.13. The summed E-state index contributed by atoms with van der Waals surface area (Å²) in [5, 5.41) is 3.08. The number of thiazole rings is 1. The minimum absolute atomic E-state index is 0.0866. The molecule has 1 atom stereocenters. The molecule has 0 radical (unpaired) electrons. The molecular weight excluding hydrogens is 204 g/mol. The van der Waals surface area contributed by atoms with Gasteiger partial charge in [0.25, 0.3) is 0 Å². The molecule has 0 bridgehead atoms. The monoisotopic (exact) mass is 218 g/mol. The fourth-order valence-electron chi connectivity index (χ4n) is 1.43. The van der Waals surface area contributed by atoms with E-state index in [-0.39, 0.29) is 6.04 Å². The first-order chi connectivity index (χ1) is 7.31. The molecule has 0 saturated carbocycles. The molecule has 1 aromatic heterocycles. The van der Waals surface area contributed by atoms with E-state index in [4.69, 9.17) is 5.73 Å². The van der Waals surface area contributed by atoms with Crippen LogP contribution in [0.4, 0.5) is 0 Å². The molecule has 1 aromatic carbocycles. The summed E-state index contributed by atoms with van der Waals surface area (Å²) in [7, 11) is 0. The summed E-state index contributed by atoms with van der Waals surface area (Å²) < 4.78 is 0. The van der Waals surface area contributed by atoms with Crippen LogP contribution in [0.5, 0.6) is 0 Å². The van der Waals surface area contributed by atoms with Gasteiger partial charge in [-0.15, -0.1) is 11.3 Å². The summed E-state index contributed by atoms with van der Waals surface area (Å²) in [5.41, 5.74) is 8.38. The topological polar surface area (TPSA) is 38.9 Å². The summed E-state index contributed by atoms with van der Waals surface area (Å²) >= 11 is 1.64. The predicted molar refractivity (Wildman–Crippen MR) is 64.0 cm³/mol. The van der Waals surface area contributed by atoms with Crippen LogP contribution in [-0.4, -0.2) is 4.98 Å². The van der Waals surface area contributed by atoms with Gasteiger partial charge in [-0.05, 0) is 12.0 Å². The Bertz CT molecular complexity index is 422. The van der Waals surface area contributed by atoms with Crippen molar-refractivity contribution < 1.29 is 0 Å². The van der Waals surface area contributed by atoms with Crippen LogP contribution in [0, 0.1) is 0 Å². The van der Waals surface area contributed by atoms with Crippen LogP contribution >= 0.6 is 11.3 Å². The molecule has 3 heteroatoms. The Labute approximate surface area is 93.8 Å². The Morgan fingerprint density at radius 1 is 1.33 bits per heavy atom. The first-order valence-corrected chi connectivity index (χ1v) is 5.94. The maximum absolute atomic E-state index is 6.13. The van der Waals surface area contributed by atoms with Crippen LogP contribution < -0.4 is 5.73 Å². The van der Waals surface area contributed by atoms with Gasteiger partial charge in [-0.3, -0.25) is 0 Å². The number of benzene rings is 1. The van der Waals surface area contributed by atoms with Crippen molar-refractivity contribution in [1.29, 1.82) is 0 Å². The lowest BCUT2D eigenvalue weighted by Crippen LogP contribution is -2.11. The molecule has 1 heterocycles. The third-order valence-electron chi connectivity index (χ3n) is 2.36. The number of nitrogens with two attached hydrogens (primary N) is 1. The van der Waals surface area contributed by atoms with Crippen molar-refractivity contribution in [3.8, 4) is 0 Å². The number of nitrogens with zero attached hydrogens (tertiary/aromatic N) is 1. The number of rotatable bonds is 3. The van der Waals surface area contributed by atoms with E-state index in [1.54, 1.807) is 11.3 Å². The van der Waals surface area contributed by atoms with Gasteiger partial charge in [0.15, 0.2) is 0 Å². The van der Waals surface area contributed by atoms with Crippen molar-refractivity contribution in [2.75, 3.05) is 0 Å². The van der Waals surface area contributed by atoms with Gasteiger partial charge in [0, 0.05) is 5.38 Å². The molecule has 0 saturated heterocycles. The van der Waals surface area contributed by atoms with Crippen LogP contribution in [0.1, 0.15) is 29.2 Å². The molecular formula is C12H14N2S. The van der Waals surface area contributed by atoms with E-state index in [1.807, 2.05) is 30.3 Å². The van der Waals surface area contributed by atoms with Crippen molar-refractivity contribution >= 4 is 11.3 Å². The molecule has 0 aliphatic rings. The largest absolute Gasteiger partial charge is 0.318 e. The molecule has 0 aliphatic carbocycles. The van der Waals surface area contributed by atoms with Crippen LogP contribution in [-0.2, 0) is 6.42 Å². The third kappa shape index (κ3) is 2.25. The number of aromatic nitrogens is 1. The highest BCUT2D eigenvalue weighted by Crippen LogP contribution is 2.22. The van der Waals surface area contributed by atoms with E-state index < -0.39 is 0 Å². The normalized spacial score (nSPS) is 12.7. The van der Waals surface area contributed by atoms with Crippen molar-refractivity contribution in [2.45, 2.75) is 19.4 Å². The smallest absolute Gasteiger partial charge is 0.114 e. The van der Waals surface area contributed by atoms with E-state index in [9.17, 15) is 0 Å². The Morgan fingerprint density at radius 2 is 2.07 bits per heavy atom. The van der Waals surface area contributed by atoms with Crippen molar-refractivity contribution in [3.05, 3.63) is 52.0 Å². The molecule has 0 amide bonds. The maximum Gasteiger partial charge on any atom is 0.114 e. The van der Waals surface area contributed by atoms with Gasteiger partial charge in [0.05, 0.1) is 11.7 Å². The molecule has 2 nitrogen and oxygen atoms in total. The summed E-state index contributed by atoms with van der Waals surface area (Å²) in [6.45, 7) is 2.10. The molecule has 2 aromatic rings. The standard InChI is InChI=1S/C12H14N2S/c1-2-10-8-15-12(14-10)11(13)9-6-4-3-5-7-9/h3-8,11H,2,13H2,1H3. The van der Waals surface area contributed by atoms with Gasteiger partial charge in [-0.25, -0.2) is 4.98 Å². The van der Waals surface area contributed by atoms with E-state index >= 15 is 0 Å². The van der Waals surface area contributed by atoms with E-state index in [0.29, 0.717) is 0 Å². The number of hydrogen-bond acceptors (Lipinski definition) is 3. The average molecular weight is 218 g/mol. The lowest BCUT2D eigenvalue weighted by molar-refractivity contribution is 0.845. The molecule has 0 aliphatic heterocycles. The molecule has 78 valence electrons. The lowest BCUT2D eigenvalue weighted by Gasteiger charge is -2.07. The number of hydrogen-bond donors (Lipinski definition) is 1. The molecule has 15 heavy (non-hydrogen) atoms. The summed E-state index contributed by atoms with van der Waals surface area (Å²) in [4.78, 5) is 4.50. The predicted octanol–water partition coefficient (Wildman–Crippen LogP) is 2.75. The van der Waals surface area contributed by atoms with Crippen LogP contribution in [0.3, 0.4) is 0 Å². The third-order valence-corrected chi connectivity index (χ3v) is 3.33. The lowest BCUT2D eigenvalue weighted by atomic mass is 10.1. The van der Waals surface area contributed by atoms with Gasteiger partial charge in [0.2, 0.25) is 0 Å². The quantitative estimate of drug-likeness (QED) is 0.860. The Morgan fingerprint density at radius 3 is 2.67 bits per heavy atom. The highest BCUT2D eigenvalue weighted by Gasteiger charge is 2.11. The zero-order chi connectivity index (χ0) is 10.7. The fourth-order valence-corrected chi connectivity index (χ4v) is 2.36. The zero-order valence-electron chi connectivity index (χ0n) is 8.68.